The highest BCUT2D eigenvalue weighted by Crippen LogP contribution is 2.17. The minimum absolute atomic E-state index is 0.0429. The molecule has 2 unspecified atom stereocenters. The third kappa shape index (κ3) is 2.70. The lowest BCUT2D eigenvalue weighted by Gasteiger charge is -2.19. The molecular weight excluding hydrogens is 228 g/mol. The molecule has 1 aliphatic rings. The van der Waals surface area contributed by atoms with Gasteiger partial charge in [0.2, 0.25) is 11.8 Å². The summed E-state index contributed by atoms with van der Waals surface area (Å²) < 4.78 is 0. The van der Waals surface area contributed by atoms with Crippen LogP contribution in [0.25, 0.3) is 0 Å². The molecule has 2 amide bonds. The predicted octanol–water partition coefficient (Wildman–Crippen LogP) is 1.45. The number of carbonyl (C=O) groups excluding carboxylic acids is 2. The Morgan fingerprint density at radius 3 is 2.78 bits per heavy atom. The molecule has 96 valence electrons. The van der Waals surface area contributed by atoms with Gasteiger partial charge < -0.3 is 10.6 Å². The lowest BCUT2D eigenvalue weighted by Crippen LogP contribution is -2.42. The normalized spacial score (nSPS) is 20.3. The Labute approximate surface area is 107 Å². The molecule has 1 aliphatic heterocycles. The van der Waals surface area contributed by atoms with Crippen LogP contribution in [0.15, 0.2) is 24.3 Å². The van der Waals surface area contributed by atoms with E-state index in [0.29, 0.717) is 12.8 Å². The van der Waals surface area contributed by atoms with Crippen molar-refractivity contribution >= 4 is 11.8 Å². The van der Waals surface area contributed by atoms with Crippen molar-refractivity contribution in [3.63, 3.8) is 0 Å². The van der Waals surface area contributed by atoms with Gasteiger partial charge in [0.1, 0.15) is 6.04 Å². The summed E-state index contributed by atoms with van der Waals surface area (Å²) in [5.74, 6) is -0.143. The van der Waals surface area contributed by atoms with Crippen LogP contribution >= 0.6 is 0 Å². The van der Waals surface area contributed by atoms with E-state index in [1.807, 2.05) is 38.1 Å². The van der Waals surface area contributed by atoms with Gasteiger partial charge in [-0.05, 0) is 31.4 Å². The number of nitrogens with one attached hydrogen (secondary N) is 2. The number of amides is 2. The van der Waals surface area contributed by atoms with Crippen LogP contribution in [0.4, 0.5) is 0 Å². The lowest BCUT2D eigenvalue weighted by molar-refractivity contribution is -0.126. The number of rotatable bonds is 3. The van der Waals surface area contributed by atoms with E-state index in [1.165, 1.54) is 0 Å². The van der Waals surface area contributed by atoms with E-state index in [-0.39, 0.29) is 23.9 Å². The van der Waals surface area contributed by atoms with Gasteiger partial charge >= 0.3 is 0 Å². The van der Waals surface area contributed by atoms with Gasteiger partial charge in [-0.15, -0.1) is 0 Å². The standard InChI is InChI=1S/C14H18N2O2/c1-9-5-3-4-6-11(9)10(2)15-14(18)12-7-8-13(17)16-12/h3-6,10,12H,7-8H2,1-2H3,(H,15,18)(H,16,17). The second-order valence-electron chi connectivity index (χ2n) is 4.75. The van der Waals surface area contributed by atoms with Crippen molar-refractivity contribution in [3.05, 3.63) is 35.4 Å². The molecule has 0 aromatic heterocycles. The van der Waals surface area contributed by atoms with Crippen molar-refractivity contribution in [3.8, 4) is 0 Å². The van der Waals surface area contributed by atoms with Crippen molar-refractivity contribution in [2.75, 3.05) is 0 Å². The molecule has 18 heavy (non-hydrogen) atoms. The Balaban J connectivity index is 1.99. The minimum atomic E-state index is -0.371. The van der Waals surface area contributed by atoms with Crippen LogP contribution in [0.2, 0.25) is 0 Å². The fourth-order valence-corrected chi connectivity index (χ4v) is 2.28. The summed E-state index contributed by atoms with van der Waals surface area (Å²) in [7, 11) is 0. The zero-order valence-electron chi connectivity index (χ0n) is 10.7. The summed E-state index contributed by atoms with van der Waals surface area (Å²) in [5, 5.41) is 5.62. The maximum absolute atomic E-state index is 12.0. The molecule has 0 spiro atoms. The van der Waals surface area contributed by atoms with E-state index in [2.05, 4.69) is 10.6 Å². The summed E-state index contributed by atoms with van der Waals surface area (Å²) in [4.78, 5) is 23.0. The Morgan fingerprint density at radius 1 is 1.44 bits per heavy atom. The fraction of sp³-hybridized carbons (Fsp3) is 0.429. The Bertz CT molecular complexity index is 471. The third-order valence-corrected chi connectivity index (χ3v) is 3.33. The summed E-state index contributed by atoms with van der Waals surface area (Å²) in [5.41, 5.74) is 2.26. The van der Waals surface area contributed by atoms with Crippen molar-refractivity contribution in [1.29, 1.82) is 0 Å². The largest absolute Gasteiger partial charge is 0.348 e. The predicted molar refractivity (Wildman–Crippen MR) is 68.9 cm³/mol. The van der Waals surface area contributed by atoms with Crippen molar-refractivity contribution in [1.82, 2.24) is 10.6 Å². The van der Waals surface area contributed by atoms with Crippen molar-refractivity contribution < 1.29 is 9.59 Å². The fourth-order valence-electron chi connectivity index (χ4n) is 2.28. The van der Waals surface area contributed by atoms with Gasteiger partial charge in [-0.25, -0.2) is 0 Å². The van der Waals surface area contributed by atoms with Crippen LogP contribution in [-0.2, 0) is 9.59 Å². The first kappa shape index (κ1) is 12.6. The molecule has 1 saturated heterocycles. The van der Waals surface area contributed by atoms with Crippen LogP contribution in [0.1, 0.15) is 36.9 Å². The van der Waals surface area contributed by atoms with Gasteiger partial charge in [0.25, 0.3) is 0 Å². The molecule has 1 aromatic carbocycles. The van der Waals surface area contributed by atoms with E-state index in [9.17, 15) is 9.59 Å². The second kappa shape index (κ2) is 5.21. The van der Waals surface area contributed by atoms with E-state index in [4.69, 9.17) is 0 Å². The van der Waals surface area contributed by atoms with Crippen LogP contribution in [-0.4, -0.2) is 17.9 Å². The molecule has 0 bridgehead atoms. The van der Waals surface area contributed by atoms with E-state index in [1.54, 1.807) is 0 Å². The maximum Gasteiger partial charge on any atom is 0.243 e. The second-order valence-corrected chi connectivity index (χ2v) is 4.75. The molecule has 1 fully saturated rings. The lowest BCUT2D eigenvalue weighted by atomic mass is 10.0. The number of hydrogen-bond donors (Lipinski definition) is 2. The monoisotopic (exact) mass is 246 g/mol. The highest BCUT2D eigenvalue weighted by atomic mass is 16.2. The molecule has 2 rings (SSSR count). The van der Waals surface area contributed by atoms with Crippen LogP contribution in [0.5, 0.6) is 0 Å². The summed E-state index contributed by atoms with van der Waals surface area (Å²) in [6.07, 6.45) is 1.03. The van der Waals surface area contributed by atoms with Gasteiger partial charge in [-0.1, -0.05) is 24.3 Å². The number of aryl methyl sites for hydroxylation is 1. The molecular formula is C14H18N2O2. The maximum atomic E-state index is 12.0. The van der Waals surface area contributed by atoms with Crippen molar-refractivity contribution in [2.45, 2.75) is 38.8 Å². The molecule has 2 N–H and O–H groups in total. The zero-order chi connectivity index (χ0) is 13.1. The average molecular weight is 246 g/mol. The molecule has 0 aliphatic carbocycles. The van der Waals surface area contributed by atoms with E-state index >= 15 is 0 Å². The van der Waals surface area contributed by atoms with E-state index < -0.39 is 0 Å². The molecule has 4 nitrogen and oxygen atoms in total. The minimum Gasteiger partial charge on any atom is -0.348 e. The molecule has 0 radical (unpaired) electrons. The third-order valence-electron chi connectivity index (χ3n) is 3.33. The Morgan fingerprint density at radius 2 is 2.17 bits per heavy atom. The van der Waals surface area contributed by atoms with Gasteiger partial charge in [0.15, 0.2) is 0 Å². The quantitative estimate of drug-likeness (QED) is 0.848. The summed E-state index contributed by atoms with van der Waals surface area (Å²) >= 11 is 0. The average Bonchev–Trinajstić information content (AvgIpc) is 2.76. The van der Waals surface area contributed by atoms with Gasteiger partial charge in [-0.3, -0.25) is 9.59 Å². The van der Waals surface area contributed by atoms with Gasteiger partial charge in [-0.2, -0.15) is 0 Å². The highest BCUT2D eigenvalue weighted by Gasteiger charge is 2.28. The molecule has 1 aromatic rings. The van der Waals surface area contributed by atoms with Crippen molar-refractivity contribution in [2.24, 2.45) is 0 Å². The topological polar surface area (TPSA) is 58.2 Å². The first-order valence-electron chi connectivity index (χ1n) is 6.23. The number of benzene rings is 1. The van der Waals surface area contributed by atoms with E-state index in [0.717, 1.165) is 11.1 Å². The Kier molecular flexibility index (Phi) is 3.65. The smallest absolute Gasteiger partial charge is 0.243 e. The number of hydrogen-bond acceptors (Lipinski definition) is 2. The van der Waals surface area contributed by atoms with Crippen LogP contribution in [0.3, 0.4) is 0 Å². The Hall–Kier alpha value is -1.84. The van der Waals surface area contributed by atoms with Gasteiger partial charge in [0.05, 0.1) is 6.04 Å². The zero-order valence-corrected chi connectivity index (χ0v) is 10.7. The SMILES string of the molecule is Cc1ccccc1C(C)NC(=O)C1CCC(=O)N1. The summed E-state index contributed by atoms with van der Waals surface area (Å²) in [6.45, 7) is 3.98. The van der Waals surface area contributed by atoms with Crippen LogP contribution in [0, 0.1) is 6.92 Å². The highest BCUT2D eigenvalue weighted by molar-refractivity contribution is 5.90. The molecule has 1 heterocycles. The first-order valence-corrected chi connectivity index (χ1v) is 6.23. The van der Waals surface area contributed by atoms with Crippen LogP contribution < -0.4 is 10.6 Å². The molecule has 0 saturated carbocycles. The molecule has 4 heteroatoms. The first-order chi connectivity index (χ1) is 8.58. The molecule has 2 atom stereocenters. The van der Waals surface area contributed by atoms with Gasteiger partial charge in [0, 0.05) is 6.42 Å². The number of carbonyl (C=O) groups is 2. The summed E-state index contributed by atoms with van der Waals surface area (Å²) in [6, 6.07) is 7.55.